The number of aliphatic hydroxyl groups is 1. The van der Waals surface area contributed by atoms with Gasteiger partial charge in [0.05, 0.1) is 45.2 Å². The number of benzene rings is 3. The summed E-state index contributed by atoms with van der Waals surface area (Å²) in [6.07, 6.45) is 0. The number of aryl methyl sites for hydroxylation is 2. The Morgan fingerprint density at radius 3 is 2.23 bits per heavy atom. The Hall–Kier alpha value is -5.36. The molecule has 5 rings (SSSR count). The van der Waals surface area contributed by atoms with E-state index in [1.54, 1.807) is 51.1 Å². The summed E-state index contributed by atoms with van der Waals surface area (Å²) in [5, 5.41) is 11.9. The molecule has 244 valence electrons. The van der Waals surface area contributed by atoms with Crippen LogP contribution in [-0.4, -0.2) is 55.7 Å². The molecule has 1 saturated heterocycles. The Balaban J connectivity index is 1.65. The molecule has 4 aromatic rings. The van der Waals surface area contributed by atoms with Crippen LogP contribution in [0.4, 0.5) is 5.13 Å². The van der Waals surface area contributed by atoms with Crippen molar-refractivity contribution >= 4 is 39.9 Å². The van der Waals surface area contributed by atoms with Gasteiger partial charge in [0.2, 0.25) is 5.75 Å². The number of esters is 1. The highest BCUT2D eigenvalue weighted by Gasteiger charge is 2.49. The molecule has 1 atom stereocenters. The smallest absolute Gasteiger partial charge is 0.350 e. The van der Waals surface area contributed by atoms with Gasteiger partial charge in [0.1, 0.15) is 23.0 Å². The van der Waals surface area contributed by atoms with E-state index in [1.807, 2.05) is 30.3 Å². The van der Waals surface area contributed by atoms with Gasteiger partial charge < -0.3 is 28.8 Å². The number of Topliss-reactive ketones (excluding diaryl/α,β-unsaturated/α-hetero) is 1. The van der Waals surface area contributed by atoms with E-state index >= 15 is 0 Å². The van der Waals surface area contributed by atoms with Gasteiger partial charge in [0.15, 0.2) is 16.6 Å². The van der Waals surface area contributed by atoms with Crippen LogP contribution >= 0.6 is 11.3 Å². The number of hydrogen-bond acceptors (Lipinski definition) is 11. The Morgan fingerprint density at radius 1 is 0.957 bits per heavy atom. The monoisotopic (exact) mass is 658 g/mol. The molecular formula is C35H34N2O9S. The molecule has 1 aliphatic rings. The van der Waals surface area contributed by atoms with Gasteiger partial charge in [-0.25, -0.2) is 9.78 Å². The average Bonchev–Trinajstić information content (AvgIpc) is 3.59. The number of ether oxygens (including phenoxy) is 5. The van der Waals surface area contributed by atoms with E-state index in [1.165, 1.54) is 26.2 Å². The summed E-state index contributed by atoms with van der Waals surface area (Å²) >= 11 is 0.914. The highest BCUT2D eigenvalue weighted by atomic mass is 32.1. The predicted octanol–water partition coefficient (Wildman–Crippen LogP) is 6.17. The number of rotatable bonds is 11. The van der Waals surface area contributed by atoms with Crippen LogP contribution in [0.5, 0.6) is 23.0 Å². The number of carbonyl (C=O) groups is 3. The minimum absolute atomic E-state index is 0.0758. The third-order valence-corrected chi connectivity index (χ3v) is 8.74. The van der Waals surface area contributed by atoms with E-state index in [-0.39, 0.29) is 33.7 Å². The summed E-state index contributed by atoms with van der Waals surface area (Å²) in [5.41, 5.74) is 2.44. The number of amides is 1. The third kappa shape index (κ3) is 6.36. The lowest BCUT2D eigenvalue weighted by Crippen LogP contribution is -2.29. The Kier molecular flexibility index (Phi) is 9.80. The lowest BCUT2D eigenvalue weighted by molar-refractivity contribution is -0.132. The standard InChI is InChI=1S/C35H34N2O9S/c1-7-45-34(41)32-20(3)36-35(47-32)37-28(22-16-25(42-4)31(44-6)26(17-22)43-5)27(30(39)33(37)40)29(38)24-14-13-23(15-19(24)2)46-18-21-11-9-8-10-12-21/h8-17,28,38H,7,18H2,1-6H3/b29-27+/t28-/m0/s1. The Morgan fingerprint density at radius 2 is 1.64 bits per heavy atom. The highest BCUT2D eigenvalue weighted by molar-refractivity contribution is 7.17. The second-order valence-electron chi connectivity index (χ2n) is 10.5. The first-order valence-corrected chi connectivity index (χ1v) is 15.5. The van der Waals surface area contributed by atoms with Gasteiger partial charge in [-0.3, -0.25) is 14.5 Å². The first-order chi connectivity index (χ1) is 22.6. The van der Waals surface area contributed by atoms with Gasteiger partial charge in [0, 0.05) is 5.56 Å². The first-order valence-electron chi connectivity index (χ1n) is 14.7. The number of ketones is 1. The third-order valence-electron chi connectivity index (χ3n) is 7.60. The molecule has 3 aromatic carbocycles. The van der Waals surface area contributed by atoms with Crippen molar-refractivity contribution in [2.24, 2.45) is 0 Å². The maximum absolute atomic E-state index is 13.8. The van der Waals surface area contributed by atoms with E-state index in [2.05, 4.69) is 4.98 Å². The molecule has 1 fully saturated rings. The number of hydrogen-bond donors (Lipinski definition) is 1. The lowest BCUT2D eigenvalue weighted by Gasteiger charge is -2.25. The largest absolute Gasteiger partial charge is 0.507 e. The van der Waals surface area contributed by atoms with Gasteiger partial charge in [-0.05, 0) is 67.8 Å². The second kappa shape index (κ2) is 14.0. The van der Waals surface area contributed by atoms with Crippen LogP contribution in [0.3, 0.4) is 0 Å². The second-order valence-corrected chi connectivity index (χ2v) is 11.5. The zero-order chi connectivity index (χ0) is 33.8. The van der Waals surface area contributed by atoms with Crippen molar-refractivity contribution in [1.82, 2.24) is 4.98 Å². The Bertz CT molecular complexity index is 1840. The van der Waals surface area contributed by atoms with Gasteiger partial charge in [-0.15, -0.1) is 0 Å². The molecule has 1 aromatic heterocycles. The SMILES string of the molecule is CCOC(=O)c1sc(N2C(=O)C(=O)/C(=C(/O)c3ccc(OCc4ccccc4)cc3C)[C@@H]2c2cc(OC)c(OC)c(OC)c2)nc1C. The van der Waals surface area contributed by atoms with Crippen molar-refractivity contribution in [2.45, 2.75) is 33.4 Å². The zero-order valence-corrected chi connectivity index (χ0v) is 27.6. The van der Waals surface area contributed by atoms with Crippen molar-refractivity contribution in [3.8, 4) is 23.0 Å². The quantitative estimate of drug-likeness (QED) is 0.0864. The van der Waals surface area contributed by atoms with E-state index in [0.29, 0.717) is 40.5 Å². The molecule has 12 heteroatoms. The molecule has 1 aliphatic heterocycles. The minimum atomic E-state index is -1.18. The van der Waals surface area contributed by atoms with Gasteiger partial charge >= 0.3 is 11.9 Å². The van der Waals surface area contributed by atoms with Crippen LogP contribution in [0.25, 0.3) is 5.76 Å². The summed E-state index contributed by atoms with van der Waals surface area (Å²) < 4.78 is 27.7. The number of methoxy groups -OCH3 is 3. The number of thiazole rings is 1. The van der Waals surface area contributed by atoms with Crippen LogP contribution in [-0.2, 0) is 20.9 Å². The molecule has 0 radical (unpaired) electrons. The van der Waals surface area contributed by atoms with E-state index in [4.69, 9.17) is 23.7 Å². The topological polar surface area (TPSA) is 134 Å². The molecule has 2 heterocycles. The zero-order valence-electron chi connectivity index (χ0n) is 26.8. The van der Waals surface area contributed by atoms with Crippen LogP contribution in [0.15, 0.2) is 66.2 Å². The fourth-order valence-electron chi connectivity index (χ4n) is 5.35. The predicted molar refractivity (Wildman–Crippen MR) is 176 cm³/mol. The van der Waals surface area contributed by atoms with Gasteiger partial charge in [-0.1, -0.05) is 41.7 Å². The van der Waals surface area contributed by atoms with Crippen LogP contribution < -0.4 is 23.8 Å². The van der Waals surface area contributed by atoms with E-state index < -0.39 is 29.5 Å². The van der Waals surface area contributed by atoms with Crippen molar-refractivity contribution in [2.75, 3.05) is 32.8 Å². The minimum Gasteiger partial charge on any atom is -0.507 e. The molecule has 0 saturated carbocycles. The molecule has 0 bridgehead atoms. The first kappa shape index (κ1) is 33.0. The summed E-state index contributed by atoms with van der Waals surface area (Å²) in [7, 11) is 4.34. The van der Waals surface area contributed by atoms with Crippen molar-refractivity contribution in [3.63, 3.8) is 0 Å². The van der Waals surface area contributed by atoms with E-state index in [0.717, 1.165) is 16.9 Å². The maximum atomic E-state index is 13.8. The molecule has 0 unspecified atom stereocenters. The van der Waals surface area contributed by atoms with Crippen molar-refractivity contribution in [1.29, 1.82) is 0 Å². The number of aromatic nitrogens is 1. The molecule has 0 aliphatic carbocycles. The molecule has 47 heavy (non-hydrogen) atoms. The van der Waals surface area contributed by atoms with Gasteiger partial charge in [0.25, 0.3) is 5.78 Å². The lowest BCUT2D eigenvalue weighted by atomic mass is 9.93. The number of aliphatic hydroxyl groups excluding tert-OH is 1. The number of carbonyl (C=O) groups excluding carboxylic acids is 3. The van der Waals surface area contributed by atoms with Crippen molar-refractivity contribution < 1.29 is 43.2 Å². The average molecular weight is 659 g/mol. The van der Waals surface area contributed by atoms with E-state index in [9.17, 15) is 19.5 Å². The molecule has 0 spiro atoms. The number of nitrogens with zero attached hydrogens (tertiary/aromatic N) is 2. The molecule has 1 N–H and O–H groups in total. The normalized spacial score (nSPS) is 15.4. The highest BCUT2D eigenvalue weighted by Crippen LogP contribution is 2.48. The summed E-state index contributed by atoms with van der Waals surface area (Å²) in [5.74, 6) is -1.46. The summed E-state index contributed by atoms with van der Waals surface area (Å²) in [4.78, 5) is 46.2. The fourth-order valence-corrected chi connectivity index (χ4v) is 6.34. The van der Waals surface area contributed by atoms with Gasteiger partial charge in [-0.2, -0.15) is 0 Å². The fraction of sp³-hybridized carbons (Fsp3) is 0.257. The van der Waals surface area contributed by atoms with Crippen LogP contribution in [0.1, 0.15) is 50.6 Å². The molecule has 1 amide bonds. The number of anilines is 1. The summed E-state index contributed by atoms with van der Waals surface area (Å²) in [6.45, 7) is 5.56. The Labute approximate surface area is 275 Å². The van der Waals surface area contributed by atoms with Crippen LogP contribution in [0.2, 0.25) is 0 Å². The molecular weight excluding hydrogens is 624 g/mol. The van der Waals surface area contributed by atoms with Crippen molar-refractivity contribution in [3.05, 3.63) is 99.1 Å². The summed E-state index contributed by atoms with van der Waals surface area (Å²) in [6, 6.07) is 16.8. The van der Waals surface area contributed by atoms with Crippen LogP contribution in [0, 0.1) is 13.8 Å². The molecule has 11 nitrogen and oxygen atoms in total. The maximum Gasteiger partial charge on any atom is 0.350 e.